The van der Waals surface area contributed by atoms with Crippen LogP contribution in [0.25, 0.3) is 0 Å². The van der Waals surface area contributed by atoms with Crippen molar-refractivity contribution in [2.45, 2.75) is 32.9 Å². The molecule has 2 aromatic carbocycles. The Kier molecular flexibility index (Phi) is 8.45. The fourth-order valence-electron chi connectivity index (χ4n) is 2.99. The van der Waals surface area contributed by atoms with Crippen LogP contribution in [0.5, 0.6) is 11.5 Å². The maximum Gasteiger partial charge on any atom is 0.162 e. The number of hydrogen-bond donors (Lipinski definition) is 0. The van der Waals surface area contributed by atoms with E-state index in [2.05, 4.69) is 24.1 Å². The minimum atomic E-state index is -0.113. The lowest BCUT2D eigenvalue weighted by Gasteiger charge is -2.38. The van der Waals surface area contributed by atoms with E-state index in [0.717, 1.165) is 30.2 Å². The summed E-state index contributed by atoms with van der Waals surface area (Å²) >= 11 is 0. The largest absolute Gasteiger partial charge is 0.490 e. The van der Waals surface area contributed by atoms with Crippen LogP contribution in [0.2, 0.25) is 0 Å². The van der Waals surface area contributed by atoms with E-state index in [9.17, 15) is 0 Å². The average molecular weight is 357 g/mol. The molecule has 0 aliphatic carbocycles. The Morgan fingerprint density at radius 1 is 1.04 bits per heavy atom. The minimum Gasteiger partial charge on any atom is -0.490 e. The number of ether oxygens (including phenoxy) is 3. The van der Waals surface area contributed by atoms with Gasteiger partial charge in [0.05, 0.1) is 25.9 Å². The molecule has 1 heterocycles. The first-order valence-corrected chi connectivity index (χ1v) is 9.51. The lowest BCUT2D eigenvalue weighted by atomic mass is 10.0. The highest BCUT2D eigenvalue weighted by molar-refractivity contribution is 5.40. The zero-order chi connectivity index (χ0) is 18.8. The minimum absolute atomic E-state index is 0.113. The van der Waals surface area contributed by atoms with Crippen molar-refractivity contribution >= 4 is 0 Å². The number of nitrogens with zero attached hydrogens (tertiary/aromatic N) is 1. The van der Waals surface area contributed by atoms with Crippen molar-refractivity contribution in [1.29, 1.82) is 0 Å². The van der Waals surface area contributed by atoms with E-state index in [4.69, 9.17) is 14.2 Å². The highest BCUT2D eigenvalue weighted by Gasteiger charge is 2.31. The normalized spacial score (nSPS) is 18.4. The molecule has 4 heteroatoms. The van der Waals surface area contributed by atoms with E-state index in [-0.39, 0.29) is 12.1 Å². The second-order valence-corrected chi connectivity index (χ2v) is 5.95. The predicted molar refractivity (Wildman–Crippen MR) is 106 cm³/mol. The molecule has 0 saturated carbocycles. The van der Waals surface area contributed by atoms with E-state index < -0.39 is 0 Å². The highest BCUT2D eigenvalue weighted by atomic mass is 16.5. The van der Waals surface area contributed by atoms with Gasteiger partial charge in [0.15, 0.2) is 11.5 Å². The summed E-state index contributed by atoms with van der Waals surface area (Å²) < 4.78 is 17.9. The molecule has 0 aromatic heterocycles. The highest BCUT2D eigenvalue weighted by Crippen LogP contribution is 2.34. The van der Waals surface area contributed by atoms with Crippen molar-refractivity contribution in [2.75, 3.05) is 33.4 Å². The second kappa shape index (κ2) is 10.8. The van der Waals surface area contributed by atoms with Gasteiger partial charge in [-0.2, -0.15) is 0 Å². The standard InChI is InChI=1S/C20H25NO3.C2H6/c1-3-23-18-11-7-8-12-19(18)24-20(16-9-5-4-6-10-16)17-15-22-14-13-21(17)2;1-2/h4-12,17,20H,3,13-15H2,1-2H3;1-2H3. The molecule has 1 fully saturated rings. The third-order valence-electron chi connectivity index (χ3n) is 4.32. The van der Waals surface area contributed by atoms with Gasteiger partial charge in [0.25, 0.3) is 0 Å². The number of likely N-dealkylation sites (N-methyl/N-ethyl adjacent to an activating group) is 1. The Balaban J connectivity index is 0.00000117. The van der Waals surface area contributed by atoms with E-state index in [1.807, 2.05) is 63.2 Å². The molecule has 0 bridgehead atoms. The SMILES string of the molecule is CC.CCOc1ccccc1OC(c1ccccc1)C1COCCN1C. The zero-order valence-electron chi connectivity index (χ0n) is 16.4. The van der Waals surface area contributed by atoms with Crippen molar-refractivity contribution in [3.8, 4) is 11.5 Å². The Morgan fingerprint density at radius 2 is 1.69 bits per heavy atom. The van der Waals surface area contributed by atoms with E-state index in [1.54, 1.807) is 0 Å². The number of morpholine rings is 1. The van der Waals surface area contributed by atoms with Crippen molar-refractivity contribution in [2.24, 2.45) is 0 Å². The Labute approximate surface area is 157 Å². The van der Waals surface area contributed by atoms with Gasteiger partial charge in [0.2, 0.25) is 0 Å². The molecule has 1 aliphatic rings. The first-order chi connectivity index (χ1) is 12.8. The maximum absolute atomic E-state index is 6.45. The van der Waals surface area contributed by atoms with Crippen LogP contribution in [0.15, 0.2) is 54.6 Å². The third kappa shape index (κ3) is 5.23. The van der Waals surface area contributed by atoms with Gasteiger partial charge >= 0.3 is 0 Å². The average Bonchev–Trinajstić information content (AvgIpc) is 2.70. The van der Waals surface area contributed by atoms with Crippen LogP contribution in [0.4, 0.5) is 0 Å². The molecule has 1 saturated heterocycles. The molecule has 4 nitrogen and oxygen atoms in total. The maximum atomic E-state index is 6.45. The monoisotopic (exact) mass is 357 g/mol. The molecule has 3 rings (SSSR count). The summed E-state index contributed by atoms with van der Waals surface area (Å²) in [6.45, 7) is 8.93. The summed E-state index contributed by atoms with van der Waals surface area (Å²) in [6.07, 6.45) is -0.113. The molecule has 2 aromatic rings. The van der Waals surface area contributed by atoms with E-state index in [1.165, 1.54) is 0 Å². The van der Waals surface area contributed by atoms with Crippen LogP contribution in [-0.2, 0) is 4.74 Å². The van der Waals surface area contributed by atoms with Gasteiger partial charge < -0.3 is 14.2 Å². The molecule has 2 atom stereocenters. The first-order valence-electron chi connectivity index (χ1n) is 9.51. The van der Waals surface area contributed by atoms with Crippen LogP contribution >= 0.6 is 0 Å². The first kappa shape index (κ1) is 20.3. The fourth-order valence-corrected chi connectivity index (χ4v) is 2.99. The van der Waals surface area contributed by atoms with Crippen molar-refractivity contribution in [1.82, 2.24) is 4.90 Å². The summed E-state index contributed by atoms with van der Waals surface area (Å²) in [5.74, 6) is 1.55. The molecule has 0 radical (unpaired) electrons. The summed E-state index contributed by atoms with van der Waals surface area (Å²) in [7, 11) is 2.13. The molecule has 2 unspecified atom stereocenters. The number of rotatable bonds is 6. The van der Waals surface area contributed by atoms with Gasteiger partial charge in [-0.1, -0.05) is 56.3 Å². The Morgan fingerprint density at radius 3 is 2.35 bits per heavy atom. The quantitative estimate of drug-likeness (QED) is 0.758. The third-order valence-corrected chi connectivity index (χ3v) is 4.32. The summed E-state index contributed by atoms with van der Waals surface area (Å²) in [5, 5.41) is 0. The lowest BCUT2D eigenvalue weighted by Crippen LogP contribution is -2.47. The van der Waals surface area contributed by atoms with Crippen LogP contribution < -0.4 is 9.47 Å². The number of hydrogen-bond acceptors (Lipinski definition) is 4. The molecular formula is C22H31NO3. The Bertz CT molecular complexity index is 632. The molecule has 26 heavy (non-hydrogen) atoms. The molecule has 0 N–H and O–H groups in total. The smallest absolute Gasteiger partial charge is 0.162 e. The van der Waals surface area contributed by atoms with Gasteiger partial charge in [0, 0.05) is 6.54 Å². The van der Waals surface area contributed by atoms with Crippen LogP contribution in [-0.4, -0.2) is 44.4 Å². The van der Waals surface area contributed by atoms with Crippen molar-refractivity contribution < 1.29 is 14.2 Å². The van der Waals surface area contributed by atoms with Gasteiger partial charge in [-0.25, -0.2) is 0 Å². The number of para-hydroxylation sites is 2. The van der Waals surface area contributed by atoms with Gasteiger partial charge in [-0.3, -0.25) is 4.90 Å². The van der Waals surface area contributed by atoms with Crippen molar-refractivity contribution in [3.63, 3.8) is 0 Å². The van der Waals surface area contributed by atoms with Crippen LogP contribution in [0, 0.1) is 0 Å². The summed E-state index contributed by atoms with van der Waals surface area (Å²) in [5.41, 5.74) is 1.14. The molecule has 0 amide bonds. The molecule has 142 valence electrons. The summed E-state index contributed by atoms with van der Waals surface area (Å²) in [4.78, 5) is 2.31. The van der Waals surface area contributed by atoms with Crippen LogP contribution in [0.3, 0.4) is 0 Å². The lowest BCUT2D eigenvalue weighted by molar-refractivity contribution is -0.0412. The molecule has 0 spiro atoms. The van der Waals surface area contributed by atoms with Gasteiger partial charge in [-0.15, -0.1) is 0 Å². The van der Waals surface area contributed by atoms with Gasteiger partial charge in [-0.05, 0) is 31.7 Å². The molecular weight excluding hydrogens is 326 g/mol. The zero-order valence-corrected chi connectivity index (χ0v) is 16.4. The topological polar surface area (TPSA) is 30.9 Å². The summed E-state index contributed by atoms with van der Waals surface area (Å²) in [6, 6.07) is 18.3. The van der Waals surface area contributed by atoms with Crippen molar-refractivity contribution in [3.05, 3.63) is 60.2 Å². The number of benzene rings is 2. The Hall–Kier alpha value is -2.04. The molecule has 1 aliphatic heterocycles. The fraction of sp³-hybridized carbons (Fsp3) is 0.455. The van der Waals surface area contributed by atoms with Crippen LogP contribution in [0.1, 0.15) is 32.4 Å². The van der Waals surface area contributed by atoms with E-state index in [0.29, 0.717) is 13.2 Å². The van der Waals surface area contributed by atoms with E-state index >= 15 is 0 Å². The van der Waals surface area contributed by atoms with Gasteiger partial charge in [0.1, 0.15) is 6.10 Å². The predicted octanol–water partition coefficient (Wildman–Crippen LogP) is 4.56. The second-order valence-electron chi connectivity index (χ2n) is 5.95.